The van der Waals surface area contributed by atoms with Gasteiger partial charge in [0.25, 0.3) is 10.2 Å². The Bertz CT molecular complexity index is 496. The number of hydrogen-bond acceptors (Lipinski definition) is 3. The van der Waals surface area contributed by atoms with E-state index in [0.29, 0.717) is 32.0 Å². The lowest BCUT2D eigenvalue weighted by atomic mass is 10.0. The van der Waals surface area contributed by atoms with Crippen LogP contribution in [0.2, 0.25) is 0 Å². The van der Waals surface area contributed by atoms with Crippen LogP contribution in [0.15, 0.2) is 0 Å². The molecule has 1 saturated carbocycles. The first kappa shape index (κ1) is 15.2. The first-order valence-corrected chi connectivity index (χ1v) is 9.45. The third-order valence-electron chi connectivity index (χ3n) is 4.80. The fraction of sp³-hybridized carbons (Fsp3) is 0.929. The van der Waals surface area contributed by atoms with Crippen LogP contribution in [0.5, 0.6) is 0 Å². The van der Waals surface area contributed by atoms with Gasteiger partial charge in [0.05, 0.1) is 0 Å². The number of carbonyl (C=O) groups is 1. The van der Waals surface area contributed by atoms with Gasteiger partial charge in [-0.3, -0.25) is 4.79 Å². The van der Waals surface area contributed by atoms with Crippen molar-refractivity contribution in [1.29, 1.82) is 0 Å². The molecule has 0 aromatic heterocycles. The molecule has 1 amide bonds. The van der Waals surface area contributed by atoms with Crippen LogP contribution in [0.1, 0.15) is 45.4 Å². The van der Waals surface area contributed by atoms with Crippen LogP contribution in [-0.2, 0) is 15.0 Å². The SMILES string of the molecule is CC1CCN(S(=O)(=O)N2CCC[C@H]2C(=O)NC2CC2)CC1. The molecular weight excluding hydrogens is 290 g/mol. The lowest BCUT2D eigenvalue weighted by Gasteiger charge is -2.34. The van der Waals surface area contributed by atoms with Crippen LogP contribution in [-0.4, -0.2) is 54.7 Å². The second kappa shape index (κ2) is 5.85. The van der Waals surface area contributed by atoms with E-state index < -0.39 is 16.3 Å². The Kier molecular flexibility index (Phi) is 4.25. The van der Waals surface area contributed by atoms with Crippen molar-refractivity contribution in [1.82, 2.24) is 13.9 Å². The molecule has 0 spiro atoms. The number of amides is 1. The minimum absolute atomic E-state index is 0.107. The van der Waals surface area contributed by atoms with E-state index in [1.165, 1.54) is 4.31 Å². The molecule has 2 heterocycles. The van der Waals surface area contributed by atoms with Crippen molar-refractivity contribution in [2.24, 2.45) is 5.92 Å². The summed E-state index contributed by atoms with van der Waals surface area (Å²) in [6.45, 7) is 3.79. The predicted molar refractivity (Wildman–Crippen MR) is 79.8 cm³/mol. The standard InChI is InChI=1S/C14H25N3O3S/c1-11-6-9-16(10-7-11)21(19,20)17-8-2-3-13(17)14(18)15-12-4-5-12/h11-13H,2-10H2,1H3,(H,15,18)/t13-/m0/s1. The number of piperidine rings is 1. The Morgan fingerprint density at radius 3 is 2.33 bits per heavy atom. The van der Waals surface area contributed by atoms with Gasteiger partial charge in [0.1, 0.15) is 6.04 Å². The molecule has 0 bridgehead atoms. The number of rotatable bonds is 4. The Morgan fingerprint density at radius 1 is 1.05 bits per heavy atom. The fourth-order valence-corrected chi connectivity index (χ4v) is 5.02. The summed E-state index contributed by atoms with van der Waals surface area (Å²) in [5, 5.41) is 2.94. The third kappa shape index (κ3) is 3.24. The van der Waals surface area contributed by atoms with E-state index in [1.54, 1.807) is 4.31 Å². The maximum Gasteiger partial charge on any atom is 0.282 e. The number of carbonyl (C=O) groups excluding carboxylic acids is 1. The van der Waals surface area contributed by atoms with Gasteiger partial charge >= 0.3 is 0 Å². The van der Waals surface area contributed by atoms with Crippen molar-refractivity contribution < 1.29 is 13.2 Å². The molecule has 0 unspecified atom stereocenters. The van der Waals surface area contributed by atoms with Gasteiger partial charge < -0.3 is 5.32 Å². The summed E-state index contributed by atoms with van der Waals surface area (Å²) in [5.74, 6) is 0.480. The highest BCUT2D eigenvalue weighted by atomic mass is 32.2. The molecule has 1 aliphatic carbocycles. The van der Waals surface area contributed by atoms with E-state index in [0.717, 1.165) is 32.1 Å². The van der Waals surface area contributed by atoms with Crippen molar-refractivity contribution in [2.75, 3.05) is 19.6 Å². The molecule has 3 aliphatic rings. The monoisotopic (exact) mass is 315 g/mol. The summed E-state index contributed by atoms with van der Waals surface area (Å²) < 4.78 is 28.6. The quantitative estimate of drug-likeness (QED) is 0.830. The van der Waals surface area contributed by atoms with Crippen molar-refractivity contribution in [3.8, 4) is 0 Å². The minimum Gasteiger partial charge on any atom is -0.352 e. The van der Waals surface area contributed by atoms with Gasteiger partial charge in [-0.25, -0.2) is 0 Å². The van der Waals surface area contributed by atoms with Crippen LogP contribution < -0.4 is 5.32 Å². The summed E-state index contributed by atoms with van der Waals surface area (Å²) in [6, 6.07) is -0.228. The molecule has 0 aromatic rings. The second-order valence-corrected chi connectivity index (χ2v) is 8.52. The van der Waals surface area contributed by atoms with Gasteiger partial charge in [0, 0.05) is 25.7 Å². The molecule has 2 saturated heterocycles. The largest absolute Gasteiger partial charge is 0.352 e. The fourth-order valence-electron chi connectivity index (χ4n) is 3.17. The zero-order chi connectivity index (χ0) is 15.0. The van der Waals surface area contributed by atoms with Gasteiger partial charge in [-0.05, 0) is 44.4 Å². The molecule has 3 fully saturated rings. The van der Waals surface area contributed by atoms with Crippen LogP contribution in [0.25, 0.3) is 0 Å². The van der Waals surface area contributed by atoms with Gasteiger partial charge in [-0.1, -0.05) is 6.92 Å². The maximum absolute atomic E-state index is 12.8. The van der Waals surface area contributed by atoms with E-state index in [9.17, 15) is 13.2 Å². The predicted octanol–water partition coefficient (Wildman–Crippen LogP) is 0.706. The zero-order valence-electron chi connectivity index (χ0n) is 12.6. The highest BCUT2D eigenvalue weighted by Gasteiger charge is 2.43. The molecule has 7 heteroatoms. The Morgan fingerprint density at radius 2 is 1.71 bits per heavy atom. The molecule has 0 aromatic carbocycles. The van der Waals surface area contributed by atoms with Gasteiger partial charge in [-0.2, -0.15) is 17.0 Å². The molecule has 3 rings (SSSR count). The summed E-state index contributed by atoms with van der Waals surface area (Å²) in [6.07, 6.45) is 5.27. The van der Waals surface area contributed by atoms with E-state index in [1.807, 2.05) is 0 Å². The normalized spacial score (nSPS) is 29.7. The third-order valence-corrected chi connectivity index (χ3v) is 6.84. The maximum atomic E-state index is 12.8. The average molecular weight is 315 g/mol. The van der Waals surface area contributed by atoms with Crippen molar-refractivity contribution in [3.63, 3.8) is 0 Å². The topological polar surface area (TPSA) is 69.7 Å². The molecular formula is C14H25N3O3S. The molecule has 6 nitrogen and oxygen atoms in total. The van der Waals surface area contributed by atoms with Crippen LogP contribution >= 0.6 is 0 Å². The van der Waals surface area contributed by atoms with E-state index >= 15 is 0 Å². The summed E-state index contributed by atoms with van der Waals surface area (Å²) in [4.78, 5) is 12.3. The minimum atomic E-state index is -3.49. The van der Waals surface area contributed by atoms with Gasteiger partial charge in [0.15, 0.2) is 0 Å². The van der Waals surface area contributed by atoms with Crippen LogP contribution in [0, 0.1) is 5.92 Å². The Balaban J connectivity index is 1.69. The molecule has 0 radical (unpaired) electrons. The highest BCUT2D eigenvalue weighted by Crippen LogP contribution is 2.28. The summed E-state index contributed by atoms with van der Waals surface area (Å²) >= 11 is 0. The number of nitrogens with zero attached hydrogens (tertiary/aromatic N) is 2. The van der Waals surface area contributed by atoms with E-state index in [4.69, 9.17) is 0 Å². The van der Waals surface area contributed by atoms with E-state index in [2.05, 4.69) is 12.2 Å². The Labute approximate surface area is 127 Å². The molecule has 1 N–H and O–H groups in total. The highest BCUT2D eigenvalue weighted by molar-refractivity contribution is 7.86. The van der Waals surface area contributed by atoms with Crippen LogP contribution in [0.4, 0.5) is 0 Å². The number of hydrogen-bond donors (Lipinski definition) is 1. The first-order chi connectivity index (χ1) is 9.98. The number of nitrogens with one attached hydrogen (secondary N) is 1. The van der Waals surface area contributed by atoms with E-state index in [-0.39, 0.29) is 11.9 Å². The summed E-state index contributed by atoms with van der Waals surface area (Å²) in [5.41, 5.74) is 0. The van der Waals surface area contributed by atoms with Crippen molar-refractivity contribution in [2.45, 2.75) is 57.5 Å². The zero-order valence-corrected chi connectivity index (χ0v) is 13.4. The van der Waals surface area contributed by atoms with Gasteiger partial charge in [-0.15, -0.1) is 0 Å². The lowest BCUT2D eigenvalue weighted by molar-refractivity contribution is -0.124. The molecule has 21 heavy (non-hydrogen) atoms. The molecule has 1 atom stereocenters. The molecule has 2 aliphatic heterocycles. The second-order valence-electron chi connectivity index (χ2n) is 6.64. The first-order valence-electron chi connectivity index (χ1n) is 8.06. The smallest absolute Gasteiger partial charge is 0.282 e. The Hall–Kier alpha value is -0.660. The van der Waals surface area contributed by atoms with Gasteiger partial charge in [0.2, 0.25) is 5.91 Å². The molecule has 120 valence electrons. The van der Waals surface area contributed by atoms with Crippen molar-refractivity contribution >= 4 is 16.1 Å². The summed E-state index contributed by atoms with van der Waals surface area (Å²) in [7, 11) is -3.49. The van der Waals surface area contributed by atoms with Crippen LogP contribution in [0.3, 0.4) is 0 Å². The average Bonchev–Trinajstić information content (AvgIpc) is 3.11. The van der Waals surface area contributed by atoms with Crippen molar-refractivity contribution in [3.05, 3.63) is 0 Å². The lowest BCUT2D eigenvalue weighted by Crippen LogP contribution is -2.52.